The highest BCUT2D eigenvalue weighted by atomic mass is 32.1. The van der Waals surface area contributed by atoms with E-state index in [1.807, 2.05) is 22.7 Å². The first-order chi connectivity index (χ1) is 9.31. The zero-order valence-corrected chi connectivity index (χ0v) is 12.8. The number of rotatable bonds is 5. The van der Waals surface area contributed by atoms with Crippen molar-refractivity contribution in [1.82, 2.24) is 10.2 Å². The number of thiophene rings is 2. The Labute approximate surface area is 123 Å². The largest absolute Gasteiger partial charge is 0.305 e. The standard InChI is InChI=1S/C15H20N2S2/c1-17-7-6-12(11-17)16-14(15-5-3-9-19-15)10-13-4-2-8-18-13/h2-5,8-9,12,14,16H,6-7,10-11H2,1H3. The molecule has 1 aliphatic heterocycles. The lowest BCUT2D eigenvalue weighted by Gasteiger charge is -2.22. The van der Waals surface area contributed by atoms with Crippen LogP contribution in [0.1, 0.15) is 22.2 Å². The molecule has 1 N–H and O–H groups in total. The van der Waals surface area contributed by atoms with Crippen molar-refractivity contribution < 1.29 is 0 Å². The summed E-state index contributed by atoms with van der Waals surface area (Å²) < 4.78 is 0. The van der Waals surface area contributed by atoms with Gasteiger partial charge < -0.3 is 10.2 Å². The average molecular weight is 292 g/mol. The van der Waals surface area contributed by atoms with Crippen molar-refractivity contribution in [3.05, 3.63) is 44.8 Å². The van der Waals surface area contributed by atoms with Crippen molar-refractivity contribution in [3.63, 3.8) is 0 Å². The van der Waals surface area contributed by atoms with Crippen LogP contribution in [0.15, 0.2) is 35.0 Å². The summed E-state index contributed by atoms with van der Waals surface area (Å²) in [4.78, 5) is 5.34. The molecule has 102 valence electrons. The molecule has 2 aromatic rings. The van der Waals surface area contributed by atoms with Crippen LogP contribution >= 0.6 is 22.7 Å². The van der Waals surface area contributed by atoms with Crippen molar-refractivity contribution in [2.75, 3.05) is 20.1 Å². The maximum atomic E-state index is 3.86. The summed E-state index contributed by atoms with van der Waals surface area (Å²) in [7, 11) is 2.21. The second-order valence-electron chi connectivity index (χ2n) is 5.27. The van der Waals surface area contributed by atoms with Gasteiger partial charge in [-0.15, -0.1) is 22.7 Å². The average Bonchev–Trinajstić information content (AvgIpc) is 3.10. The van der Waals surface area contributed by atoms with Crippen LogP contribution in [-0.4, -0.2) is 31.1 Å². The van der Waals surface area contributed by atoms with Crippen LogP contribution in [0.5, 0.6) is 0 Å². The Kier molecular flexibility index (Phi) is 4.33. The van der Waals surface area contributed by atoms with Gasteiger partial charge in [-0.3, -0.25) is 0 Å². The number of hydrogen-bond donors (Lipinski definition) is 1. The molecular formula is C15H20N2S2. The van der Waals surface area contributed by atoms with Gasteiger partial charge >= 0.3 is 0 Å². The zero-order chi connectivity index (χ0) is 13.1. The molecule has 0 aromatic carbocycles. The quantitative estimate of drug-likeness (QED) is 0.909. The first kappa shape index (κ1) is 13.3. The summed E-state index contributed by atoms with van der Waals surface area (Å²) in [6.45, 7) is 2.39. The Morgan fingerprint density at radius 2 is 2.16 bits per heavy atom. The SMILES string of the molecule is CN1CCC(NC(Cc2cccs2)c2cccs2)C1. The van der Waals surface area contributed by atoms with Gasteiger partial charge in [0.15, 0.2) is 0 Å². The molecule has 3 heterocycles. The minimum atomic E-state index is 0.468. The molecule has 3 rings (SSSR count). The topological polar surface area (TPSA) is 15.3 Å². The Bertz CT molecular complexity index is 478. The predicted octanol–water partition coefficient (Wildman–Crippen LogP) is 3.39. The molecule has 0 bridgehead atoms. The van der Waals surface area contributed by atoms with Crippen molar-refractivity contribution in [1.29, 1.82) is 0 Å². The lowest BCUT2D eigenvalue weighted by atomic mass is 10.1. The minimum Gasteiger partial charge on any atom is -0.305 e. The molecule has 4 heteroatoms. The summed E-state index contributed by atoms with van der Waals surface area (Å²) in [5.74, 6) is 0. The van der Waals surface area contributed by atoms with E-state index in [0.29, 0.717) is 12.1 Å². The Morgan fingerprint density at radius 3 is 2.79 bits per heavy atom. The van der Waals surface area contributed by atoms with Crippen LogP contribution < -0.4 is 5.32 Å². The smallest absolute Gasteiger partial charge is 0.0466 e. The van der Waals surface area contributed by atoms with E-state index in [2.05, 4.69) is 52.3 Å². The third-order valence-electron chi connectivity index (χ3n) is 3.70. The maximum Gasteiger partial charge on any atom is 0.0466 e. The molecule has 1 saturated heterocycles. The van der Waals surface area contributed by atoms with E-state index in [1.165, 1.54) is 29.3 Å². The van der Waals surface area contributed by atoms with Gasteiger partial charge in [0, 0.05) is 34.8 Å². The molecular weight excluding hydrogens is 272 g/mol. The molecule has 1 aliphatic rings. The maximum absolute atomic E-state index is 3.86. The molecule has 0 saturated carbocycles. The highest BCUT2D eigenvalue weighted by molar-refractivity contribution is 7.10. The first-order valence-electron chi connectivity index (χ1n) is 6.81. The molecule has 0 radical (unpaired) electrons. The van der Waals surface area contributed by atoms with Crippen LogP contribution in [0.3, 0.4) is 0 Å². The van der Waals surface area contributed by atoms with Crippen LogP contribution in [0.25, 0.3) is 0 Å². The summed E-state index contributed by atoms with van der Waals surface area (Å²) in [6, 6.07) is 9.91. The van der Waals surface area contributed by atoms with E-state index in [-0.39, 0.29) is 0 Å². The predicted molar refractivity (Wildman–Crippen MR) is 84.1 cm³/mol. The molecule has 2 aromatic heterocycles. The molecule has 0 aliphatic carbocycles. The van der Waals surface area contributed by atoms with Crippen molar-refractivity contribution in [2.45, 2.75) is 24.9 Å². The molecule has 19 heavy (non-hydrogen) atoms. The number of likely N-dealkylation sites (tertiary alicyclic amines) is 1. The monoisotopic (exact) mass is 292 g/mol. The molecule has 1 fully saturated rings. The summed E-state index contributed by atoms with van der Waals surface area (Å²) in [5.41, 5.74) is 0. The van der Waals surface area contributed by atoms with Gasteiger partial charge in [-0.25, -0.2) is 0 Å². The fourth-order valence-corrected chi connectivity index (χ4v) is 4.26. The van der Waals surface area contributed by atoms with Crippen molar-refractivity contribution >= 4 is 22.7 Å². The summed E-state index contributed by atoms with van der Waals surface area (Å²) >= 11 is 3.73. The van der Waals surface area contributed by atoms with E-state index >= 15 is 0 Å². The van der Waals surface area contributed by atoms with Gasteiger partial charge in [0.2, 0.25) is 0 Å². The third-order valence-corrected chi connectivity index (χ3v) is 5.58. The summed E-state index contributed by atoms with van der Waals surface area (Å²) in [6.07, 6.45) is 2.38. The van der Waals surface area contributed by atoms with Gasteiger partial charge in [0.1, 0.15) is 0 Å². The Hall–Kier alpha value is -0.680. The van der Waals surface area contributed by atoms with Crippen LogP contribution in [-0.2, 0) is 6.42 Å². The minimum absolute atomic E-state index is 0.468. The number of likely N-dealkylation sites (N-methyl/N-ethyl adjacent to an activating group) is 1. The van der Waals surface area contributed by atoms with Gasteiger partial charge in [-0.05, 0) is 42.9 Å². The second-order valence-corrected chi connectivity index (χ2v) is 7.28. The lowest BCUT2D eigenvalue weighted by molar-refractivity contribution is 0.382. The number of nitrogens with one attached hydrogen (secondary N) is 1. The molecule has 2 unspecified atom stereocenters. The van der Waals surface area contributed by atoms with E-state index in [9.17, 15) is 0 Å². The van der Waals surface area contributed by atoms with Gasteiger partial charge in [-0.1, -0.05) is 12.1 Å². The van der Waals surface area contributed by atoms with E-state index in [0.717, 1.165) is 6.42 Å². The molecule has 0 amide bonds. The second kappa shape index (κ2) is 6.18. The van der Waals surface area contributed by atoms with Gasteiger partial charge in [0.05, 0.1) is 0 Å². The normalized spacial score (nSPS) is 21.8. The third kappa shape index (κ3) is 3.45. The fourth-order valence-electron chi connectivity index (χ4n) is 2.72. The number of nitrogens with zero attached hydrogens (tertiary/aromatic N) is 1. The fraction of sp³-hybridized carbons (Fsp3) is 0.467. The van der Waals surface area contributed by atoms with E-state index < -0.39 is 0 Å². The van der Waals surface area contributed by atoms with Crippen LogP contribution in [0.4, 0.5) is 0 Å². The lowest BCUT2D eigenvalue weighted by Crippen LogP contribution is -2.35. The molecule has 2 nitrogen and oxygen atoms in total. The van der Waals surface area contributed by atoms with Crippen molar-refractivity contribution in [2.24, 2.45) is 0 Å². The van der Waals surface area contributed by atoms with Crippen molar-refractivity contribution in [3.8, 4) is 0 Å². The highest BCUT2D eigenvalue weighted by Gasteiger charge is 2.23. The number of hydrogen-bond acceptors (Lipinski definition) is 4. The molecule has 0 spiro atoms. The van der Waals surface area contributed by atoms with Crippen LogP contribution in [0, 0.1) is 0 Å². The Balaban J connectivity index is 1.69. The first-order valence-corrected chi connectivity index (χ1v) is 8.57. The highest BCUT2D eigenvalue weighted by Crippen LogP contribution is 2.26. The van der Waals surface area contributed by atoms with E-state index in [4.69, 9.17) is 0 Å². The van der Waals surface area contributed by atoms with Gasteiger partial charge in [0.25, 0.3) is 0 Å². The molecule has 2 atom stereocenters. The zero-order valence-electron chi connectivity index (χ0n) is 11.2. The van der Waals surface area contributed by atoms with Crippen LogP contribution in [0.2, 0.25) is 0 Å². The van der Waals surface area contributed by atoms with E-state index in [1.54, 1.807) is 0 Å². The summed E-state index contributed by atoms with van der Waals surface area (Å²) in [5, 5.41) is 8.21. The Morgan fingerprint density at radius 1 is 1.32 bits per heavy atom. The van der Waals surface area contributed by atoms with Gasteiger partial charge in [-0.2, -0.15) is 0 Å².